The van der Waals surface area contributed by atoms with Gasteiger partial charge in [-0.05, 0) is 38.0 Å². The molecule has 1 aromatic heterocycles. The summed E-state index contributed by atoms with van der Waals surface area (Å²) >= 11 is 0. The van der Waals surface area contributed by atoms with E-state index < -0.39 is 6.10 Å². The van der Waals surface area contributed by atoms with E-state index in [1.54, 1.807) is 6.20 Å². The molecule has 0 aliphatic carbocycles. The molecule has 5 nitrogen and oxygen atoms in total. The van der Waals surface area contributed by atoms with E-state index in [0.717, 1.165) is 42.5 Å². The topological polar surface area (TPSA) is 61.4 Å². The van der Waals surface area contributed by atoms with Gasteiger partial charge in [-0.25, -0.2) is 0 Å². The van der Waals surface area contributed by atoms with Gasteiger partial charge in [-0.1, -0.05) is 6.07 Å². The zero-order valence-electron chi connectivity index (χ0n) is 12.6. The highest BCUT2D eigenvalue weighted by Crippen LogP contribution is 2.22. The normalized spacial score (nSPS) is 25.3. The molecule has 0 amide bonds. The summed E-state index contributed by atoms with van der Waals surface area (Å²) in [5.41, 5.74) is 1.96. The molecule has 0 saturated carbocycles. The fourth-order valence-electron chi connectivity index (χ4n) is 3.11. The van der Waals surface area contributed by atoms with E-state index in [1.165, 1.54) is 0 Å². The molecular weight excluding hydrogens is 266 g/mol. The number of hydrogen-bond donors (Lipinski definition) is 2. The van der Waals surface area contributed by atoms with Gasteiger partial charge in [-0.3, -0.25) is 10.00 Å². The Morgan fingerprint density at radius 1 is 1.38 bits per heavy atom. The molecule has 1 saturated heterocycles. The maximum atomic E-state index is 10.4. The Hall–Kier alpha value is -1.43. The van der Waals surface area contributed by atoms with E-state index >= 15 is 0 Å². The lowest BCUT2D eigenvalue weighted by Gasteiger charge is -2.35. The third kappa shape index (κ3) is 3.43. The first-order valence-electron chi connectivity index (χ1n) is 7.60. The number of aromatic nitrogens is 2. The second-order valence-electron chi connectivity index (χ2n) is 6.04. The van der Waals surface area contributed by atoms with Crippen molar-refractivity contribution in [1.29, 1.82) is 0 Å². The van der Waals surface area contributed by atoms with Crippen LogP contribution in [0.5, 0.6) is 0 Å². The van der Waals surface area contributed by atoms with Gasteiger partial charge in [0.2, 0.25) is 0 Å². The molecule has 114 valence electrons. The van der Waals surface area contributed by atoms with E-state index in [4.69, 9.17) is 4.74 Å². The smallest absolute Gasteiger partial charge is 0.0802 e. The van der Waals surface area contributed by atoms with Crippen LogP contribution in [0.3, 0.4) is 0 Å². The van der Waals surface area contributed by atoms with E-state index in [9.17, 15) is 5.11 Å². The highest BCUT2D eigenvalue weighted by atomic mass is 16.5. The lowest BCUT2D eigenvalue weighted by atomic mass is 10.0. The Labute approximate surface area is 124 Å². The fraction of sp³-hybridized carbons (Fsp3) is 0.562. The van der Waals surface area contributed by atoms with Crippen LogP contribution >= 0.6 is 0 Å². The van der Waals surface area contributed by atoms with Crippen LogP contribution in [-0.4, -0.2) is 52.0 Å². The molecule has 2 N–H and O–H groups in total. The fourth-order valence-corrected chi connectivity index (χ4v) is 3.11. The molecule has 5 heteroatoms. The first-order chi connectivity index (χ1) is 10.1. The van der Waals surface area contributed by atoms with Crippen LogP contribution in [-0.2, 0) is 4.74 Å². The van der Waals surface area contributed by atoms with Crippen LogP contribution in [0, 0.1) is 0 Å². The Morgan fingerprint density at radius 2 is 2.14 bits per heavy atom. The zero-order chi connectivity index (χ0) is 14.8. The molecule has 0 radical (unpaired) electrons. The summed E-state index contributed by atoms with van der Waals surface area (Å²) in [6, 6.07) is 5.95. The molecule has 0 spiro atoms. The largest absolute Gasteiger partial charge is 0.388 e. The Kier molecular flexibility index (Phi) is 4.24. The van der Waals surface area contributed by atoms with Crippen molar-refractivity contribution in [3.8, 4) is 0 Å². The van der Waals surface area contributed by atoms with Gasteiger partial charge in [0.1, 0.15) is 0 Å². The number of fused-ring (bicyclic) bond motifs is 1. The van der Waals surface area contributed by atoms with E-state index in [-0.39, 0.29) is 12.2 Å². The first-order valence-corrected chi connectivity index (χ1v) is 7.60. The first kappa shape index (κ1) is 14.5. The Balaban J connectivity index is 1.59. The van der Waals surface area contributed by atoms with Gasteiger partial charge in [0, 0.05) is 25.0 Å². The van der Waals surface area contributed by atoms with E-state index in [2.05, 4.69) is 28.9 Å². The summed E-state index contributed by atoms with van der Waals surface area (Å²) in [6.45, 7) is 6.98. The van der Waals surface area contributed by atoms with Crippen molar-refractivity contribution >= 4 is 10.9 Å². The summed E-state index contributed by atoms with van der Waals surface area (Å²) in [7, 11) is 0. The minimum absolute atomic E-state index is 0.271. The predicted molar refractivity (Wildman–Crippen MR) is 82.1 cm³/mol. The monoisotopic (exact) mass is 289 g/mol. The van der Waals surface area contributed by atoms with Crippen LogP contribution in [0.15, 0.2) is 24.4 Å². The number of nitrogens with one attached hydrogen (secondary N) is 1. The average molecular weight is 289 g/mol. The molecule has 1 aliphatic rings. The van der Waals surface area contributed by atoms with Gasteiger partial charge in [0.25, 0.3) is 0 Å². The number of rotatable bonds is 4. The quantitative estimate of drug-likeness (QED) is 0.905. The van der Waals surface area contributed by atoms with Crippen LogP contribution in [0.2, 0.25) is 0 Å². The van der Waals surface area contributed by atoms with Crippen molar-refractivity contribution in [3.05, 3.63) is 30.0 Å². The van der Waals surface area contributed by atoms with Gasteiger partial charge in [-0.15, -0.1) is 0 Å². The Morgan fingerprint density at radius 3 is 2.90 bits per heavy atom. The van der Waals surface area contributed by atoms with Gasteiger partial charge in [0.15, 0.2) is 0 Å². The molecule has 1 fully saturated rings. The molecule has 2 aromatic rings. The lowest BCUT2D eigenvalue weighted by Crippen LogP contribution is -2.45. The highest BCUT2D eigenvalue weighted by Gasteiger charge is 2.22. The summed E-state index contributed by atoms with van der Waals surface area (Å²) in [6.07, 6.45) is 2.64. The van der Waals surface area contributed by atoms with Crippen LogP contribution < -0.4 is 0 Å². The maximum Gasteiger partial charge on any atom is 0.0802 e. The van der Waals surface area contributed by atoms with Gasteiger partial charge < -0.3 is 9.84 Å². The van der Waals surface area contributed by atoms with Gasteiger partial charge in [-0.2, -0.15) is 5.10 Å². The summed E-state index contributed by atoms with van der Waals surface area (Å²) < 4.78 is 5.73. The second-order valence-corrected chi connectivity index (χ2v) is 6.04. The molecule has 2 heterocycles. The number of hydrogen-bond acceptors (Lipinski definition) is 4. The summed E-state index contributed by atoms with van der Waals surface area (Å²) in [5.74, 6) is 0. The standard InChI is InChI=1S/C16H23N3O2/c1-11-9-19(10-12(2)21-11)6-5-16(20)13-3-4-15-14(7-13)8-17-18-15/h3-4,7-8,11-12,16,20H,5-6,9-10H2,1-2H3,(H,17,18). The third-order valence-electron chi connectivity index (χ3n) is 4.06. The molecular formula is C16H23N3O2. The number of aliphatic hydroxyl groups is 1. The van der Waals surface area contributed by atoms with Crippen LogP contribution in [0.1, 0.15) is 31.9 Å². The number of aromatic amines is 1. The van der Waals surface area contributed by atoms with Crippen molar-refractivity contribution in [2.75, 3.05) is 19.6 Å². The molecule has 3 atom stereocenters. The summed E-state index contributed by atoms with van der Waals surface area (Å²) in [5, 5.41) is 18.4. The minimum atomic E-state index is -0.433. The SMILES string of the molecule is CC1CN(CCC(O)c2ccc3[nH]ncc3c2)CC(C)O1. The average Bonchev–Trinajstić information content (AvgIpc) is 2.91. The predicted octanol–water partition coefficient (Wildman–Crippen LogP) is 2.10. The minimum Gasteiger partial charge on any atom is -0.388 e. The van der Waals surface area contributed by atoms with Crippen molar-refractivity contribution < 1.29 is 9.84 Å². The highest BCUT2D eigenvalue weighted by molar-refractivity contribution is 5.78. The maximum absolute atomic E-state index is 10.4. The number of H-pyrrole nitrogens is 1. The zero-order valence-corrected chi connectivity index (χ0v) is 12.6. The van der Waals surface area contributed by atoms with Crippen LogP contribution in [0.4, 0.5) is 0 Å². The van der Waals surface area contributed by atoms with Gasteiger partial charge >= 0.3 is 0 Å². The second kappa shape index (κ2) is 6.13. The molecule has 3 unspecified atom stereocenters. The lowest BCUT2D eigenvalue weighted by molar-refractivity contribution is -0.0702. The third-order valence-corrected chi connectivity index (χ3v) is 4.06. The van der Waals surface area contributed by atoms with Crippen molar-refractivity contribution in [1.82, 2.24) is 15.1 Å². The van der Waals surface area contributed by atoms with Gasteiger partial charge in [0.05, 0.1) is 30.0 Å². The van der Waals surface area contributed by atoms with Crippen molar-refractivity contribution in [2.24, 2.45) is 0 Å². The number of nitrogens with zero attached hydrogens (tertiary/aromatic N) is 2. The van der Waals surface area contributed by atoms with E-state index in [0.29, 0.717) is 0 Å². The van der Waals surface area contributed by atoms with Crippen molar-refractivity contribution in [2.45, 2.75) is 38.6 Å². The number of aliphatic hydroxyl groups excluding tert-OH is 1. The van der Waals surface area contributed by atoms with Crippen LogP contribution in [0.25, 0.3) is 10.9 Å². The molecule has 3 rings (SSSR count). The molecule has 1 aromatic carbocycles. The molecule has 0 bridgehead atoms. The summed E-state index contributed by atoms with van der Waals surface area (Å²) in [4.78, 5) is 2.37. The molecule has 1 aliphatic heterocycles. The van der Waals surface area contributed by atoms with E-state index in [1.807, 2.05) is 18.2 Å². The molecule has 21 heavy (non-hydrogen) atoms. The van der Waals surface area contributed by atoms with Crippen molar-refractivity contribution in [3.63, 3.8) is 0 Å². The number of ether oxygens (including phenoxy) is 1. The number of benzene rings is 1. The Bertz CT molecular complexity index is 588. The number of morpholine rings is 1.